The Balaban J connectivity index is 2.33. The molecule has 0 atom stereocenters. The first-order valence-corrected chi connectivity index (χ1v) is 6.81. The Labute approximate surface area is 106 Å². The maximum atomic E-state index is 11.9. The molecule has 0 spiro atoms. The fraction of sp³-hybridized carbons (Fsp3) is 0.333. The van der Waals surface area contributed by atoms with Crippen molar-refractivity contribution in [2.45, 2.75) is 25.1 Å². The van der Waals surface area contributed by atoms with Gasteiger partial charge in [-0.25, -0.2) is 12.7 Å². The molecule has 1 heterocycles. The van der Waals surface area contributed by atoms with Gasteiger partial charge in [-0.15, -0.1) is 0 Å². The largest absolute Gasteiger partial charge is 0.272 e. The third-order valence-electron chi connectivity index (χ3n) is 3.13. The molecule has 1 aliphatic heterocycles. The minimum absolute atomic E-state index is 0.0751. The summed E-state index contributed by atoms with van der Waals surface area (Å²) >= 11 is 0. The zero-order valence-electron chi connectivity index (χ0n) is 10.0. The number of benzene rings is 1. The molecule has 0 aliphatic carbocycles. The van der Waals surface area contributed by atoms with Crippen LogP contribution < -0.4 is 0 Å². The molecule has 5 nitrogen and oxygen atoms in total. The van der Waals surface area contributed by atoms with Gasteiger partial charge in [0, 0.05) is 0 Å². The molecular weight excluding hydrogens is 252 g/mol. The number of sulfonamides is 1. The summed E-state index contributed by atoms with van der Waals surface area (Å²) in [5.41, 5.74) is 0.914. The van der Waals surface area contributed by atoms with E-state index in [1.165, 1.54) is 13.8 Å². The van der Waals surface area contributed by atoms with Crippen molar-refractivity contribution in [2.24, 2.45) is 0 Å². The average Bonchev–Trinajstić information content (AvgIpc) is 2.35. The van der Waals surface area contributed by atoms with Gasteiger partial charge >= 0.3 is 0 Å². The number of carbonyl (C=O) groups excluding carboxylic acids is 1. The molecule has 1 aromatic rings. The van der Waals surface area contributed by atoms with Gasteiger partial charge in [0.15, 0.2) is 4.75 Å². The summed E-state index contributed by atoms with van der Waals surface area (Å²) in [6.45, 7) is 2.70. The lowest BCUT2D eigenvalue weighted by atomic mass is 10.1. The van der Waals surface area contributed by atoms with Crippen LogP contribution in [0.2, 0.25) is 0 Å². The quantitative estimate of drug-likeness (QED) is 0.798. The van der Waals surface area contributed by atoms with Gasteiger partial charge in [-0.1, -0.05) is 18.2 Å². The van der Waals surface area contributed by atoms with Crippen LogP contribution in [-0.4, -0.2) is 23.4 Å². The van der Waals surface area contributed by atoms with E-state index in [0.29, 0.717) is 11.1 Å². The van der Waals surface area contributed by atoms with Gasteiger partial charge in [0.25, 0.3) is 15.9 Å². The minimum atomic E-state index is -3.60. The Bertz CT molecular complexity index is 656. The van der Waals surface area contributed by atoms with Gasteiger partial charge in [0.05, 0.1) is 18.2 Å². The fourth-order valence-electron chi connectivity index (χ4n) is 1.83. The van der Waals surface area contributed by atoms with Crippen molar-refractivity contribution in [3.8, 4) is 6.07 Å². The molecular formula is C12H12N2O3S. The van der Waals surface area contributed by atoms with Gasteiger partial charge in [0.2, 0.25) is 0 Å². The molecule has 0 saturated carbocycles. The molecule has 1 amide bonds. The number of nitriles is 1. The van der Waals surface area contributed by atoms with Crippen LogP contribution in [0.25, 0.3) is 0 Å². The highest BCUT2D eigenvalue weighted by atomic mass is 32.2. The Morgan fingerprint density at radius 1 is 1.33 bits per heavy atom. The van der Waals surface area contributed by atoms with E-state index in [2.05, 4.69) is 0 Å². The molecule has 0 unspecified atom stereocenters. The van der Waals surface area contributed by atoms with E-state index in [9.17, 15) is 13.2 Å². The molecule has 1 aliphatic rings. The highest BCUT2D eigenvalue weighted by Gasteiger charge is 2.59. The topological polar surface area (TPSA) is 78.2 Å². The zero-order valence-corrected chi connectivity index (χ0v) is 10.9. The maximum Gasteiger partial charge on any atom is 0.259 e. The van der Waals surface area contributed by atoms with Gasteiger partial charge < -0.3 is 0 Å². The monoisotopic (exact) mass is 264 g/mol. The SMILES string of the molecule is CC1(C)C(=O)N(Cc2ccccc2C#N)S1(=O)=O. The van der Waals surface area contributed by atoms with Crippen LogP contribution in [0.1, 0.15) is 25.0 Å². The Morgan fingerprint density at radius 3 is 2.50 bits per heavy atom. The van der Waals surface area contributed by atoms with E-state index in [1.54, 1.807) is 24.3 Å². The summed E-state index contributed by atoms with van der Waals surface area (Å²) in [4.78, 5) is 11.8. The van der Waals surface area contributed by atoms with Crippen LogP contribution >= 0.6 is 0 Å². The Morgan fingerprint density at radius 2 is 1.94 bits per heavy atom. The normalized spacial score (nSPS) is 20.1. The van der Waals surface area contributed by atoms with Crippen molar-refractivity contribution < 1.29 is 13.2 Å². The first kappa shape index (κ1) is 12.6. The summed E-state index contributed by atoms with van der Waals surface area (Å²) in [5, 5.41) is 8.92. The molecule has 0 N–H and O–H groups in total. The molecule has 0 radical (unpaired) electrons. The first-order valence-electron chi connectivity index (χ1n) is 5.37. The molecule has 1 saturated heterocycles. The Kier molecular flexibility index (Phi) is 2.67. The second-order valence-electron chi connectivity index (χ2n) is 4.60. The van der Waals surface area contributed by atoms with Gasteiger partial charge in [-0.2, -0.15) is 5.26 Å². The van der Waals surface area contributed by atoms with Crippen molar-refractivity contribution >= 4 is 15.9 Å². The van der Waals surface area contributed by atoms with E-state index in [4.69, 9.17) is 5.26 Å². The van der Waals surface area contributed by atoms with E-state index in [0.717, 1.165) is 4.31 Å². The molecule has 2 rings (SSSR count). The van der Waals surface area contributed by atoms with Crippen molar-refractivity contribution in [2.75, 3.05) is 0 Å². The average molecular weight is 264 g/mol. The van der Waals surface area contributed by atoms with Crippen molar-refractivity contribution in [1.29, 1.82) is 5.26 Å². The van der Waals surface area contributed by atoms with Crippen LogP contribution in [-0.2, 0) is 21.4 Å². The molecule has 1 fully saturated rings. The number of amides is 1. The van der Waals surface area contributed by atoms with Gasteiger partial charge in [-0.3, -0.25) is 4.79 Å². The summed E-state index contributed by atoms with van der Waals surface area (Å²) in [7, 11) is -3.60. The van der Waals surface area contributed by atoms with E-state index >= 15 is 0 Å². The molecule has 1 aromatic carbocycles. The summed E-state index contributed by atoms with van der Waals surface area (Å²) in [6.07, 6.45) is 0. The van der Waals surface area contributed by atoms with Crippen LogP contribution in [0, 0.1) is 11.3 Å². The third kappa shape index (κ3) is 1.51. The van der Waals surface area contributed by atoms with Gasteiger partial charge in [0.1, 0.15) is 0 Å². The van der Waals surface area contributed by atoms with Crippen LogP contribution in [0.15, 0.2) is 24.3 Å². The second-order valence-corrected chi connectivity index (χ2v) is 7.01. The lowest BCUT2D eigenvalue weighted by Crippen LogP contribution is -2.66. The summed E-state index contributed by atoms with van der Waals surface area (Å²) < 4.78 is 23.3. The number of rotatable bonds is 2. The Hall–Kier alpha value is -1.87. The lowest BCUT2D eigenvalue weighted by Gasteiger charge is -2.43. The van der Waals surface area contributed by atoms with Crippen molar-refractivity contribution in [1.82, 2.24) is 4.31 Å². The predicted molar refractivity (Wildman–Crippen MR) is 64.7 cm³/mol. The standard InChI is InChI=1S/C12H12N2O3S/c1-12(2)11(15)14(18(12,16)17)8-10-6-4-3-5-9(10)7-13/h3-6H,8H2,1-2H3. The van der Waals surface area contributed by atoms with Crippen molar-refractivity contribution in [3.05, 3.63) is 35.4 Å². The summed E-state index contributed by atoms with van der Waals surface area (Å²) in [5.74, 6) is -0.435. The number of carbonyl (C=O) groups is 1. The molecule has 94 valence electrons. The zero-order chi connectivity index (χ0) is 13.6. The second kappa shape index (κ2) is 3.82. The highest BCUT2D eigenvalue weighted by molar-refractivity contribution is 7.94. The molecule has 6 heteroatoms. The number of hydrogen-bond acceptors (Lipinski definition) is 4. The third-order valence-corrected chi connectivity index (χ3v) is 5.47. The minimum Gasteiger partial charge on any atom is -0.272 e. The molecule has 0 bridgehead atoms. The van der Waals surface area contributed by atoms with Crippen LogP contribution in [0.5, 0.6) is 0 Å². The molecule has 18 heavy (non-hydrogen) atoms. The number of hydrogen-bond donors (Lipinski definition) is 0. The van der Waals surface area contributed by atoms with Crippen LogP contribution in [0.3, 0.4) is 0 Å². The lowest BCUT2D eigenvalue weighted by molar-refractivity contribution is -0.132. The fourth-order valence-corrected chi connectivity index (χ4v) is 3.34. The first-order chi connectivity index (χ1) is 8.32. The van der Waals surface area contributed by atoms with E-state index in [1.807, 2.05) is 6.07 Å². The smallest absolute Gasteiger partial charge is 0.259 e. The van der Waals surface area contributed by atoms with E-state index in [-0.39, 0.29) is 6.54 Å². The predicted octanol–water partition coefficient (Wildman–Crippen LogP) is 1.01. The van der Waals surface area contributed by atoms with Crippen molar-refractivity contribution in [3.63, 3.8) is 0 Å². The summed E-state index contributed by atoms with van der Waals surface area (Å²) in [6, 6.07) is 8.62. The van der Waals surface area contributed by atoms with Gasteiger partial charge in [-0.05, 0) is 25.5 Å². The molecule has 0 aromatic heterocycles. The van der Waals surface area contributed by atoms with E-state index < -0.39 is 20.7 Å². The maximum absolute atomic E-state index is 11.9. The van der Waals surface area contributed by atoms with Crippen LogP contribution in [0.4, 0.5) is 0 Å². The highest BCUT2D eigenvalue weighted by Crippen LogP contribution is 2.36. The number of nitrogens with zero attached hydrogens (tertiary/aromatic N) is 2.